The van der Waals surface area contributed by atoms with Gasteiger partial charge in [0.25, 0.3) is 0 Å². The van der Waals surface area contributed by atoms with Crippen LogP contribution in [-0.4, -0.2) is 41.3 Å². The molecule has 1 fully saturated rings. The Morgan fingerprint density at radius 1 is 1.52 bits per heavy atom. The van der Waals surface area contributed by atoms with Crippen LogP contribution in [0.4, 0.5) is 19.0 Å². The van der Waals surface area contributed by atoms with Gasteiger partial charge in [-0.3, -0.25) is 4.68 Å². The van der Waals surface area contributed by atoms with Crippen molar-refractivity contribution < 1.29 is 21.6 Å². The highest BCUT2D eigenvalue weighted by Crippen LogP contribution is 2.38. The fourth-order valence-corrected chi connectivity index (χ4v) is 4.02. The van der Waals surface area contributed by atoms with Crippen LogP contribution in [0.5, 0.6) is 0 Å². The maximum absolute atomic E-state index is 12.7. The van der Waals surface area contributed by atoms with E-state index < -0.39 is 28.8 Å². The van der Waals surface area contributed by atoms with Gasteiger partial charge in [-0.15, -0.1) is 0 Å². The van der Waals surface area contributed by atoms with Gasteiger partial charge >= 0.3 is 6.18 Å². The topological polar surface area (TPSA) is 81.2 Å². The second kappa shape index (κ2) is 5.16. The Morgan fingerprint density at radius 2 is 2.10 bits per heavy atom. The van der Waals surface area contributed by atoms with E-state index in [0.717, 1.165) is 23.7 Å². The Morgan fingerprint density at radius 3 is 2.48 bits per heavy atom. The molecule has 0 amide bonds. The van der Waals surface area contributed by atoms with Crippen LogP contribution in [0, 0.1) is 5.92 Å². The molecule has 1 atom stereocenters. The van der Waals surface area contributed by atoms with Crippen LogP contribution >= 0.6 is 0 Å². The van der Waals surface area contributed by atoms with Crippen molar-refractivity contribution in [2.45, 2.75) is 36.9 Å². The summed E-state index contributed by atoms with van der Waals surface area (Å²) in [6, 6.07) is -0.726. The lowest BCUT2D eigenvalue weighted by atomic mass is 10.2. The van der Waals surface area contributed by atoms with Crippen LogP contribution < -0.4 is 5.73 Å². The highest BCUT2D eigenvalue weighted by atomic mass is 32.2. The summed E-state index contributed by atoms with van der Waals surface area (Å²) >= 11 is 0. The molecule has 1 heterocycles. The summed E-state index contributed by atoms with van der Waals surface area (Å²) in [4.78, 5) is -0.387. The second-order valence-electron chi connectivity index (χ2n) is 5.30. The van der Waals surface area contributed by atoms with Gasteiger partial charge in [0.05, 0.1) is 0 Å². The summed E-state index contributed by atoms with van der Waals surface area (Å²) in [7, 11) is -2.89. The number of sulfonamides is 1. The van der Waals surface area contributed by atoms with Gasteiger partial charge in [0, 0.05) is 19.3 Å². The van der Waals surface area contributed by atoms with Crippen molar-refractivity contribution in [2.75, 3.05) is 12.3 Å². The summed E-state index contributed by atoms with van der Waals surface area (Å²) in [6.45, 7) is -0.0329. The Labute approximate surface area is 120 Å². The van der Waals surface area contributed by atoms with E-state index in [1.54, 1.807) is 0 Å². The first-order valence-electron chi connectivity index (χ1n) is 6.40. The molecule has 1 aliphatic carbocycles. The first kappa shape index (κ1) is 16.1. The zero-order valence-corrected chi connectivity index (χ0v) is 12.4. The number of hydrogen-bond donors (Lipinski definition) is 1. The van der Waals surface area contributed by atoms with Crippen molar-refractivity contribution in [3.8, 4) is 0 Å². The maximum Gasteiger partial charge on any atom is 0.402 e. The average molecular weight is 326 g/mol. The van der Waals surface area contributed by atoms with Crippen molar-refractivity contribution >= 4 is 15.8 Å². The molecular weight excluding hydrogens is 309 g/mol. The number of nitrogen functional groups attached to an aromatic ring is 1. The molecule has 1 saturated carbocycles. The van der Waals surface area contributed by atoms with E-state index in [4.69, 9.17) is 5.73 Å². The molecule has 6 nitrogen and oxygen atoms in total. The Kier molecular flexibility index (Phi) is 3.96. The third-order valence-corrected chi connectivity index (χ3v) is 5.45. The van der Waals surface area contributed by atoms with Crippen molar-refractivity contribution in [1.29, 1.82) is 0 Å². The van der Waals surface area contributed by atoms with Gasteiger partial charge in [-0.2, -0.15) is 22.6 Å². The number of hydrogen-bond acceptors (Lipinski definition) is 4. The zero-order chi connectivity index (χ0) is 16.0. The number of halogens is 3. The van der Waals surface area contributed by atoms with Crippen molar-refractivity contribution in [1.82, 2.24) is 14.1 Å². The number of anilines is 1. The predicted molar refractivity (Wildman–Crippen MR) is 69.8 cm³/mol. The molecule has 0 bridgehead atoms. The van der Waals surface area contributed by atoms with Gasteiger partial charge in [0.1, 0.15) is 11.4 Å². The van der Waals surface area contributed by atoms with Crippen molar-refractivity contribution in [3.05, 3.63) is 6.20 Å². The van der Waals surface area contributed by atoms with Gasteiger partial charge in [-0.25, -0.2) is 8.42 Å². The Balaban J connectivity index is 2.41. The molecule has 0 aromatic carbocycles. The van der Waals surface area contributed by atoms with Gasteiger partial charge < -0.3 is 5.73 Å². The molecule has 1 aliphatic rings. The van der Waals surface area contributed by atoms with Crippen LogP contribution in [0.3, 0.4) is 0 Å². The van der Waals surface area contributed by atoms with E-state index in [0.29, 0.717) is 4.31 Å². The van der Waals surface area contributed by atoms with Crippen LogP contribution in [0.15, 0.2) is 11.1 Å². The smallest absolute Gasteiger partial charge is 0.381 e. The van der Waals surface area contributed by atoms with E-state index in [1.165, 1.54) is 14.0 Å². The summed E-state index contributed by atoms with van der Waals surface area (Å²) in [5.74, 6) is -0.340. The Bertz CT molecular complexity index is 622. The molecule has 21 heavy (non-hydrogen) atoms. The van der Waals surface area contributed by atoms with Gasteiger partial charge in [0.2, 0.25) is 10.0 Å². The van der Waals surface area contributed by atoms with Crippen LogP contribution in [0.25, 0.3) is 0 Å². The zero-order valence-electron chi connectivity index (χ0n) is 11.6. The third kappa shape index (κ3) is 3.49. The van der Waals surface area contributed by atoms with Gasteiger partial charge in [-0.1, -0.05) is 0 Å². The average Bonchev–Trinajstić information content (AvgIpc) is 3.10. The molecule has 0 aliphatic heterocycles. The summed E-state index contributed by atoms with van der Waals surface area (Å²) < 4.78 is 64.9. The molecule has 2 rings (SSSR count). The molecule has 120 valence electrons. The molecule has 0 spiro atoms. The molecule has 2 N–H and O–H groups in total. The SMILES string of the molecule is CC(C1CC1)N(CC(F)(F)F)S(=O)(=O)c1cn(C)nc1N. The molecular formula is C11H17F3N4O2S. The normalized spacial score (nSPS) is 18.2. The highest BCUT2D eigenvalue weighted by molar-refractivity contribution is 7.89. The number of nitrogens with zero attached hydrogens (tertiary/aromatic N) is 3. The van der Waals surface area contributed by atoms with Crippen LogP contribution in [0.2, 0.25) is 0 Å². The standard InChI is InChI=1S/C11H17F3N4O2S/c1-7(8-3-4-8)18(6-11(12,13)14)21(19,20)9-5-17(2)16-10(9)15/h5,7-8H,3-4,6H2,1-2H3,(H2,15,16). The second-order valence-corrected chi connectivity index (χ2v) is 7.15. The minimum atomic E-state index is -4.62. The molecule has 1 aromatic heterocycles. The quantitative estimate of drug-likeness (QED) is 0.886. The lowest BCUT2D eigenvalue weighted by molar-refractivity contribution is -0.139. The van der Waals surface area contributed by atoms with E-state index >= 15 is 0 Å². The van der Waals surface area contributed by atoms with E-state index in [2.05, 4.69) is 5.10 Å². The van der Waals surface area contributed by atoms with Crippen LogP contribution in [-0.2, 0) is 17.1 Å². The first-order valence-corrected chi connectivity index (χ1v) is 7.84. The predicted octanol–water partition coefficient (Wildman–Crippen LogP) is 1.35. The summed E-state index contributed by atoms with van der Waals surface area (Å²) in [5, 5.41) is 3.68. The molecule has 1 unspecified atom stereocenters. The van der Waals surface area contributed by atoms with Crippen molar-refractivity contribution in [2.24, 2.45) is 13.0 Å². The number of rotatable bonds is 5. The number of alkyl halides is 3. The maximum atomic E-state index is 12.7. The Hall–Kier alpha value is -1.29. The van der Waals surface area contributed by atoms with Gasteiger partial charge in [-0.05, 0) is 25.7 Å². The largest absolute Gasteiger partial charge is 0.402 e. The number of aryl methyl sites for hydroxylation is 1. The number of nitrogens with two attached hydrogens (primary N) is 1. The molecule has 1 aromatic rings. The van der Waals surface area contributed by atoms with E-state index in [1.807, 2.05) is 0 Å². The van der Waals surface area contributed by atoms with Crippen LogP contribution in [0.1, 0.15) is 19.8 Å². The molecule has 0 saturated heterocycles. The summed E-state index contributed by atoms with van der Waals surface area (Å²) in [5.41, 5.74) is 5.50. The summed E-state index contributed by atoms with van der Waals surface area (Å²) in [6.07, 6.45) is -2.04. The fraction of sp³-hybridized carbons (Fsp3) is 0.727. The van der Waals surface area contributed by atoms with E-state index in [9.17, 15) is 21.6 Å². The van der Waals surface area contributed by atoms with Gasteiger partial charge in [0.15, 0.2) is 5.82 Å². The first-order chi connectivity index (χ1) is 9.52. The lowest BCUT2D eigenvalue weighted by Gasteiger charge is -2.28. The third-order valence-electron chi connectivity index (χ3n) is 3.50. The lowest BCUT2D eigenvalue weighted by Crippen LogP contribution is -2.45. The fourth-order valence-electron chi connectivity index (χ4n) is 2.25. The number of aromatic nitrogens is 2. The molecule has 0 radical (unpaired) electrons. The minimum absolute atomic E-state index is 0.0416. The molecule has 10 heteroatoms. The monoisotopic (exact) mass is 326 g/mol. The van der Waals surface area contributed by atoms with Crippen molar-refractivity contribution in [3.63, 3.8) is 0 Å². The minimum Gasteiger partial charge on any atom is -0.381 e. The van der Waals surface area contributed by atoms with E-state index in [-0.39, 0.29) is 16.6 Å². The highest BCUT2D eigenvalue weighted by Gasteiger charge is 2.45.